The van der Waals surface area contributed by atoms with Crippen molar-refractivity contribution in [1.82, 2.24) is 19.5 Å². The van der Waals surface area contributed by atoms with E-state index in [1.807, 2.05) is 33.8 Å². The Morgan fingerprint density at radius 3 is 2.61 bits per heavy atom. The lowest BCUT2D eigenvalue weighted by Gasteiger charge is -2.19. The van der Waals surface area contributed by atoms with E-state index in [0.29, 0.717) is 22.4 Å². The summed E-state index contributed by atoms with van der Waals surface area (Å²) in [6.07, 6.45) is 2.96. The summed E-state index contributed by atoms with van der Waals surface area (Å²) in [5.74, 6) is -0.640. The molecular weight excluding hydrogens is 467 g/mol. The number of carbonyl (C=O) groups excluding carboxylic acids is 1. The fourth-order valence-corrected chi connectivity index (χ4v) is 4.19. The third kappa shape index (κ3) is 5.56. The Balaban J connectivity index is 1.96. The third-order valence-corrected chi connectivity index (χ3v) is 6.14. The average molecular weight is 489 g/mol. The normalized spacial score (nSPS) is 12.0. The number of urea groups is 1. The van der Waals surface area contributed by atoms with Crippen LogP contribution in [0.2, 0.25) is 5.02 Å². The van der Waals surface area contributed by atoms with E-state index in [1.165, 1.54) is 30.6 Å². The van der Waals surface area contributed by atoms with Gasteiger partial charge in [0, 0.05) is 24.0 Å². The molecule has 0 spiro atoms. The quantitative estimate of drug-likeness (QED) is 0.497. The van der Waals surface area contributed by atoms with Gasteiger partial charge in [-0.05, 0) is 55.2 Å². The number of nitriles is 1. The summed E-state index contributed by atoms with van der Waals surface area (Å²) in [5, 5.41) is 16.2. The molecule has 3 rings (SSSR count). The molecule has 0 bridgehead atoms. The van der Waals surface area contributed by atoms with Gasteiger partial charge in [-0.1, -0.05) is 25.4 Å². The van der Waals surface area contributed by atoms with Crippen LogP contribution in [-0.4, -0.2) is 25.0 Å². The minimum Gasteiger partial charge on any atom is -0.306 e. The number of nitrogens with one attached hydrogen (secondary N) is 2. The number of rotatable bonds is 6. The third-order valence-electron chi connectivity index (χ3n) is 4.73. The number of anilines is 1. The molecule has 172 valence electrons. The van der Waals surface area contributed by atoms with Crippen molar-refractivity contribution < 1.29 is 13.4 Å². The van der Waals surface area contributed by atoms with Gasteiger partial charge in [0.15, 0.2) is 16.0 Å². The highest BCUT2D eigenvalue weighted by molar-refractivity contribution is 7.83. The van der Waals surface area contributed by atoms with Crippen molar-refractivity contribution in [2.24, 2.45) is 0 Å². The molecule has 0 saturated heterocycles. The molecule has 0 aliphatic heterocycles. The summed E-state index contributed by atoms with van der Waals surface area (Å²) in [6, 6.07) is 6.85. The number of halogens is 2. The average Bonchev–Trinajstić information content (AvgIpc) is 3.16. The molecule has 2 N–H and O–H groups in total. The van der Waals surface area contributed by atoms with E-state index in [-0.39, 0.29) is 27.7 Å². The van der Waals surface area contributed by atoms with Crippen molar-refractivity contribution in [1.29, 1.82) is 5.26 Å². The van der Waals surface area contributed by atoms with E-state index < -0.39 is 22.8 Å². The molecule has 2 amide bonds. The molecule has 0 saturated carbocycles. The van der Waals surface area contributed by atoms with Crippen LogP contribution >= 0.6 is 11.6 Å². The lowest BCUT2D eigenvalue weighted by atomic mass is 9.94. The summed E-state index contributed by atoms with van der Waals surface area (Å²) >= 11 is 6.12. The first-order chi connectivity index (χ1) is 15.6. The fraction of sp³-hybridized carbons (Fsp3) is 0.273. The summed E-state index contributed by atoms with van der Waals surface area (Å²) < 4.78 is 31.0. The Labute approximate surface area is 198 Å². The van der Waals surface area contributed by atoms with Gasteiger partial charge in [0.05, 0.1) is 10.7 Å². The predicted octanol–water partition coefficient (Wildman–Crippen LogP) is 5.16. The van der Waals surface area contributed by atoms with Crippen molar-refractivity contribution in [2.75, 3.05) is 5.32 Å². The Morgan fingerprint density at radius 2 is 2.00 bits per heavy atom. The fourth-order valence-electron chi connectivity index (χ4n) is 3.12. The van der Waals surface area contributed by atoms with Gasteiger partial charge in [0.25, 0.3) is 0 Å². The Kier molecular flexibility index (Phi) is 7.46. The molecule has 2 aromatic heterocycles. The largest absolute Gasteiger partial charge is 0.331 e. The van der Waals surface area contributed by atoms with Crippen molar-refractivity contribution in [3.63, 3.8) is 0 Å². The van der Waals surface area contributed by atoms with E-state index in [2.05, 4.69) is 20.1 Å². The summed E-state index contributed by atoms with van der Waals surface area (Å²) in [5.41, 5.74) is 1.87. The number of nitrogens with zero attached hydrogens (tertiary/aromatic N) is 4. The summed E-state index contributed by atoms with van der Waals surface area (Å²) in [4.78, 5) is 16.7. The zero-order valence-corrected chi connectivity index (χ0v) is 20.0. The molecule has 1 aromatic carbocycles. The van der Waals surface area contributed by atoms with Crippen LogP contribution in [0.15, 0.2) is 41.7 Å². The molecular formula is C22H22ClFN6O2S. The number of carbonyl (C=O) groups is 1. The first kappa shape index (κ1) is 24.4. The SMILES string of the molecule is CC(C)c1cc(F)cc(-c2ccnc(C#N)c2)c1NC(=O)NS(=O)c1nn(C(C)C)cc1Cl. The molecule has 2 heterocycles. The maximum absolute atomic E-state index is 14.4. The maximum Gasteiger partial charge on any atom is 0.331 e. The van der Waals surface area contributed by atoms with Crippen LogP contribution in [0.1, 0.15) is 50.9 Å². The van der Waals surface area contributed by atoms with Crippen molar-refractivity contribution in [2.45, 2.75) is 44.7 Å². The molecule has 0 fully saturated rings. The van der Waals surface area contributed by atoms with Gasteiger partial charge >= 0.3 is 6.03 Å². The summed E-state index contributed by atoms with van der Waals surface area (Å²) in [6.45, 7) is 7.48. The monoisotopic (exact) mass is 488 g/mol. The van der Waals surface area contributed by atoms with E-state index in [0.717, 1.165) is 0 Å². The van der Waals surface area contributed by atoms with Gasteiger partial charge in [-0.25, -0.2) is 18.4 Å². The first-order valence-corrected chi connectivity index (χ1v) is 11.6. The highest BCUT2D eigenvalue weighted by atomic mass is 35.5. The molecule has 1 atom stereocenters. The van der Waals surface area contributed by atoms with Gasteiger partial charge in [0.1, 0.15) is 17.6 Å². The van der Waals surface area contributed by atoms with Crippen LogP contribution < -0.4 is 10.0 Å². The molecule has 0 aliphatic rings. The first-order valence-electron chi connectivity index (χ1n) is 10.0. The Bertz CT molecular complexity index is 1270. The van der Waals surface area contributed by atoms with Crippen LogP contribution in [0, 0.1) is 17.1 Å². The van der Waals surface area contributed by atoms with E-state index in [4.69, 9.17) is 16.9 Å². The lowest BCUT2D eigenvalue weighted by Crippen LogP contribution is -2.31. The Morgan fingerprint density at radius 1 is 1.27 bits per heavy atom. The van der Waals surface area contributed by atoms with Crippen LogP contribution in [-0.2, 0) is 11.0 Å². The minimum atomic E-state index is -2.03. The van der Waals surface area contributed by atoms with Crippen molar-refractivity contribution in [3.05, 3.63) is 58.8 Å². The number of amides is 2. The van der Waals surface area contributed by atoms with E-state index in [1.54, 1.807) is 10.7 Å². The second-order valence-electron chi connectivity index (χ2n) is 7.79. The summed E-state index contributed by atoms with van der Waals surface area (Å²) in [7, 11) is -2.03. The standard InChI is InChI=1S/C22H22ClFN6O2S/c1-12(2)17-8-15(24)9-18(14-5-6-26-16(7-14)10-25)20(17)27-22(31)29-33(32)21-19(23)11-30(28-21)13(3)4/h5-9,11-13H,1-4H3,(H2,27,29,31). The zero-order valence-electron chi connectivity index (χ0n) is 18.4. The Hall–Kier alpha value is -3.29. The maximum atomic E-state index is 14.4. The molecule has 3 aromatic rings. The van der Waals surface area contributed by atoms with Crippen LogP contribution in [0.4, 0.5) is 14.9 Å². The predicted molar refractivity (Wildman–Crippen MR) is 125 cm³/mol. The van der Waals surface area contributed by atoms with Crippen LogP contribution in [0.5, 0.6) is 0 Å². The van der Waals surface area contributed by atoms with Gasteiger partial charge < -0.3 is 5.32 Å². The smallest absolute Gasteiger partial charge is 0.306 e. The van der Waals surface area contributed by atoms with Crippen LogP contribution in [0.25, 0.3) is 11.1 Å². The number of benzene rings is 1. The lowest BCUT2D eigenvalue weighted by molar-refractivity contribution is 0.257. The number of hydrogen-bond donors (Lipinski definition) is 2. The zero-order chi connectivity index (χ0) is 24.3. The van der Waals surface area contributed by atoms with Gasteiger partial charge in [-0.2, -0.15) is 10.4 Å². The van der Waals surface area contributed by atoms with Gasteiger partial charge in [-0.15, -0.1) is 0 Å². The van der Waals surface area contributed by atoms with E-state index in [9.17, 15) is 13.4 Å². The molecule has 11 heteroatoms. The van der Waals surface area contributed by atoms with Crippen molar-refractivity contribution in [3.8, 4) is 17.2 Å². The minimum absolute atomic E-state index is 0.00360. The van der Waals surface area contributed by atoms with E-state index >= 15 is 0 Å². The number of hydrogen-bond acceptors (Lipinski definition) is 5. The van der Waals surface area contributed by atoms with Gasteiger partial charge in [0.2, 0.25) is 0 Å². The molecule has 33 heavy (non-hydrogen) atoms. The van der Waals surface area contributed by atoms with Crippen LogP contribution in [0.3, 0.4) is 0 Å². The molecule has 0 aliphatic carbocycles. The topological polar surface area (TPSA) is 113 Å². The number of aromatic nitrogens is 3. The molecule has 0 radical (unpaired) electrons. The van der Waals surface area contributed by atoms with Gasteiger partial charge in [-0.3, -0.25) is 9.40 Å². The molecule has 8 nitrogen and oxygen atoms in total. The second-order valence-corrected chi connectivity index (χ2v) is 9.33. The van der Waals surface area contributed by atoms with Crippen molar-refractivity contribution >= 4 is 34.3 Å². The molecule has 1 unspecified atom stereocenters. The highest BCUT2D eigenvalue weighted by Crippen LogP contribution is 2.36. The highest BCUT2D eigenvalue weighted by Gasteiger charge is 2.21. The second kappa shape index (κ2) is 10.1. The number of pyridine rings is 1.